The highest BCUT2D eigenvalue weighted by Crippen LogP contribution is 2.39. The molecule has 1 aliphatic carbocycles. The molecule has 5 heteroatoms. The van der Waals surface area contributed by atoms with Gasteiger partial charge in [0, 0.05) is 12.1 Å². The Morgan fingerprint density at radius 2 is 2.16 bits per heavy atom. The first-order valence-electron chi connectivity index (χ1n) is 6.25. The fourth-order valence-corrected chi connectivity index (χ4v) is 2.16. The van der Waals surface area contributed by atoms with Gasteiger partial charge in [-0.25, -0.2) is 4.39 Å². The van der Waals surface area contributed by atoms with Crippen molar-refractivity contribution in [2.24, 2.45) is 11.7 Å². The van der Waals surface area contributed by atoms with Crippen molar-refractivity contribution < 1.29 is 9.18 Å². The molecular weight excluding hydrogens is 267 g/mol. The Hall–Kier alpha value is -1.13. The van der Waals surface area contributed by atoms with Crippen molar-refractivity contribution in [1.82, 2.24) is 5.32 Å². The van der Waals surface area contributed by atoms with Crippen molar-refractivity contribution in [2.75, 3.05) is 6.54 Å². The number of halogens is 2. The van der Waals surface area contributed by atoms with Crippen LogP contribution in [0.4, 0.5) is 4.39 Å². The lowest BCUT2D eigenvalue weighted by Gasteiger charge is -2.29. The first-order chi connectivity index (χ1) is 8.46. The average molecular weight is 287 g/mol. The van der Waals surface area contributed by atoms with Gasteiger partial charge in [-0.05, 0) is 56.4 Å². The topological polar surface area (TPSA) is 55.1 Å². The molecule has 3 nitrogen and oxygen atoms in total. The van der Waals surface area contributed by atoms with Gasteiger partial charge in [-0.15, -0.1) is 12.4 Å². The Morgan fingerprint density at radius 3 is 2.63 bits per heavy atom. The van der Waals surface area contributed by atoms with Crippen LogP contribution in [0.5, 0.6) is 0 Å². The molecule has 19 heavy (non-hydrogen) atoms. The normalized spacial score (nSPS) is 17.3. The molecule has 3 N–H and O–H groups in total. The highest BCUT2D eigenvalue weighted by molar-refractivity contribution is 5.94. The fraction of sp³-hybridized carbons (Fsp3) is 0.500. The summed E-state index contributed by atoms with van der Waals surface area (Å²) in [7, 11) is 0. The minimum absolute atomic E-state index is 0. The fourth-order valence-electron chi connectivity index (χ4n) is 2.16. The maximum Gasteiger partial charge on any atom is 0.251 e. The van der Waals surface area contributed by atoms with E-state index in [1.54, 1.807) is 13.0 Å². The molecule has 0 saturated heterocycles. The number of amides is 1. The van der Waals surface area contributed by atoms with Crippen molar-refractivity contribution in [1.29, 1.82) is 0 Å². The number of carbonyl (C=O) groups excluding carboxylic acids is 1. The number of hydrogen-bond donors (Lipinski definition) is 2. The number of aryl methyl sites for hydroxylation is 1. The van der Waals surface area contributed by atoms with E-state index in [0.717, 1.165) is 12.8 Å². The van der Waals surface area contributed by atoms with Gasteiger partial charge in [0.1, 0.15) is 5.82 Å². The van der Waals surface area contributed by atoms with Gasteiger partial charge in [0.2, 0.25) is 0 Å². The highest BCUT2D eigenvalue weighted by Gasteiger charge is 2.41. The van der Waals surface area contributed by atoms with Crippen molar-refractivity contribution in [3.05, 3.63) is 35.1 Å². The molecule has 0 heterocycles. The van der Waals surface area contributed by atoms with Gasteiger partial charge in [0.15, 0.2) is 0 Å². The number of hydrogen-bond acceptors (Lipinski definition) is 2. The summed E-state index contributed by atoms with van der Waals surface area (Å²) in [6.07, 6.45) is 2.22. The Balaban J connectivity index is 0.00000180. The van der Waals surface area contributed by atoms with E-state index < -0.39 is 0 Å². The van der Waals surface area contributed by atoms with Crippen LogP contribution in [0.2, 0.25) is 0 Å². The van der Waals surface area contributed by atoms with Crippen LogP contribution in [0.3, 0.4) is 0 Å². The van der Waals surface area contributed by atoms with E-state index in [1.807, 2.05) is 6.92 Å². The van der Waals surface area contributed by atoms with Crippen LogP contribution in [0.1, 0.15) is 35.7 Å². The molecule has 0 aliphatic heterocycles. The monoisotopic (exact) mass is 286 g/mol. The smallest absolute Gasteiger partial charge is 0.251 e. The zero-order chi connectivity index (χ0) is 13.3. The Kier molecular flexibility index (Phi) is 4.93. The summed E-state index contributed by atoms with van der Waals surface area (Å²) >= 11 is 0. The molecule has 106 valence electrons. The summed E-state index contributed by atoms with van der Waals surface area (Å²) in [5.74, 6) is -0.0127. The number of carbonyl (C=O) groups is 1. The number of benzene rings is 1. The standard InChI is InChI=1S/C14H19FN2O.ClH/c1-9-7-10(3-6-12(9)15)13(18)17-14(2,8-16)11-4-5-11;/h3,6-7,11H,4-5,8,16H2,1-2H3,(H,17,18);1H. The Morgan fingerprint density at radius 1 is 1.53 bits per heavy atom. The molecule has 0 aromatic heterocycles. The summed E-state index contributed by atoms with van der Waals surface area (Å²) in [5, 5.41) is 2.98. The number of rotatable bonds is 4. The summed E-state index contributed by atoms with van der Waals surface area (Å²) in [6, 6.07) is 4.39. The summed E-state index contributed by atoms with van der Waals surface area (Å²) < 4.78 is 13.2. The molecule has 0 spiro atoms. The maximum absolute atomic E-state index is 13.2. The minimum Gasteiger partial charge on any atom is -0.345 e. The first kappa shape index (κ1) is 15.9. The van der Waals surface area contributed by atoms with E-state index in [0.29, 0.717) is 23.6 Å². The molecule has 1 aliphatic rings. The van der Waals surface area contributed by atoms with Gasteiger partial charge in [0.25, 0.3) is 5.91 Å². The van der Waals surface area contributed by atoms with E-state index in [-0.39, 0.29) is 29.7 Å². The SMILES string of the molecule is Cc1cc(C(=O)NC(C)(CN)C2CC2)ccc1F.Cl. The van der Waals surface area contributed by atoms with E-state index in [4.69, 9.17) is 5.73 Å². The maximum atomic E-state index is 13.2. The van der Waals surface area contributed by atoms with Crippen LogP contribution >= 0.6 is 12.4 Å². The van der Waals surface area contributed by atoms with Crippen molar-refractivity contribution >= 4 is 18.3 Å². The minimum atomic E-state index is -0.348. The number of nitrogens with two attached hydrogens (primary N) is 1. The summed E-state index contributed by atoms with van der Waals surface area (Å²) in [4.78, 5) is 12.1. The molecule has 1 aromatic rings. The van der Waals surface area contributed by atoms with Crippen LogP contribution in [-0.4, -0.2) is 18.0 Å². The van der Waals surface area contributed by atoms with E-state index in [2.05, 4.69) is 5.32 Å². The van der Waals surface area contributed by atoms with Crippen LogP contribution in [0.15, 0.2) is 18.2 Å². The third-order valence-electron chi connectivity index (χ3n) is 3.72. The van der Waals surface area contributed by atoms with Gasteiger partial charge in [0.05, 0.1) is 5.54 Å². The molecule has 1 saturated carbocycles. The van der Waals surface area contributed by atoms with E-state index in [9.17, 15) is 9.18 Å². The zero-order valence-corrected chi connectivity index (χ0v) is 12.0. The van der Waals surface area contributed by atoms with Crippen molar-refractivity contribution in [3.8, 4) is 0 Å². The quantitative estimate of drug-likeness (QED) is 0.893. The first-order valence-corrected chi connectivity index (χ1v) is 6.25. The van der Waals surface area contributed by atoms with Crippen LogP contribution in [0.25, 0.3) is 0 Å². The second-order valence-electron chi connectivity index (χ2n) is 5.31. The molecule has 1 atom stereocenters. The second-order valence-corrected chi connectivity index (χ2v) is 5.31. The molecular formula is C14H20ClFN2O. The van der Waals surface area contributed by atoms with Crippen molar-refractivity contribution in [2.45, 2.75) is 32.2 Å². The van der Waals surface area contributed by atoms with Gasteiger partial charge >= 0.3 is 0 Å². The Labute approximate surface area is 119 Å². The van der Waals surface area contributed by atoms with Gasteiger partial charge in [-0.1, -0.05) is 0 Å². The molecule has 0 bridgehead atoms. The molecule has 1 unspecified atom stereocenters. The lowest BCUT2D eigenvalue weighted by molar-refractivity contribution is 0.0897. The Bertz CT molecular complexity index is 477. The largest absolute Gasteiger partial charge is 0.345 e. The van der Waals surface area contributed by atoms with Crippen LogP contribution in [0, 0.1) is 18.7 Å². The predicted molar refractivity (Wildman–Crippen MR) is 76.0 cm³/mol. The van der Waals surface area contributed by atoms with Crippen LogP contribution < -0.4 is 11.1 Å². The second kappa shape index (κ2) is 5.88. The zero-order valence-electron chi connectivity index (χ0n) is 11.2. The molecule has 1 amide bonds. The van der Waals surface area contributed by atoms with Gasteiger partial charge in [-0.2, -0.15) is 0 Å². The molecule has 1 aromatic carbocycles. The lowest BCUT2D eigenvalue weighted by Crippen LogP contribution is -2.53. The highest BCUT2D eigenvalue weighted by atomic mass is 35.5. The average Bonchev–Trinajstić information content (AvgIpc) is 3.16. The molecule has 1 fully saturated rings. The number of nitrogens with one attached hydrogen (secondary N) is 1. The third kappa shape index (κ3) is 3.45. The summed E-state index contributed by atoms with van der Waals surface area (Å²) in [5.41, 5.74) is 6.36. The van der Waals surface area contributed by atoms with Crippen molar-refractivity contribution in [3.63, 3.8) is 0 Å². The third-order valence-corrected chi connectivity index (χ3v) is 3.72. The molecule has 0 radical (unpaired) electrons. The lowest BCUT2D eigenvalue weighted by atomic mass is 9.95. The van der Waals surface area contributed by atoms with E-state index in [1.165, 1.54) is 12.1 Å². The van der Waals surface area contributed by atoms with Gasteiger partial charge in [-0.3, -0.25) is 4.79 Å². The van der Waals surface area contributed by atoms with Gasteiger partial charge < -0.3 is 11.1 Å². The molecule has 2 rings (SSSR count). The van der Waals surface area contributed by atoms with E-state index >= 15 is 0 Å². The summed E-state index contributed by atoms with van der Waals surface area (Å²) in [6.45, 7) is 4.04. The predicted octanol–water partition coefficient (Wildman–Crippen LogP) is 2.41. The van der Waals surface area contributed by atoms with Crippen LogP contribution in [-0.2, 0) is 0 Å².